The van der Waals surface area contributed by atoms with Crippen LogP contribution in [0.3, 0.4) is 0 Å². The molecule has 4 rings (SSSR count). The van der Waals surface area contributed by atoms with Crippen LogP contribution in [0.1, 0.15) is 0 Å². The number of likely N-dealkylation sites (N-methyl/N-ethyl adjacent to an activating group) is 1. The van der Waals surface area contributed by atoms with Crippen molar-refractivity contribution in [3.8, 4) is 0 Å². The summed E-state index contributed by atoms with van der Waals surface area (Å²) in [5.74, 6) is 0. The number of benzene rings is 2. The minimum atomic E-state index is -0.0863. The number of hydrogen-bond donors (Lipinski definition) is 0. The molecule has 2 heterocycles. The molecule has 2 aromatic heterocycles. The van der Waals surface area contributed by atoms with Crippen molar-refractivity contribution in [1.29, 1.82) is 0 Å². The average Bonchev–Trinajstić information content (AvgIpc) is 2.94. The first-order chi connectivity index (χ1) is 11.2. The quantitative estimate of drug-likeness (QED) is 0.583. The third-order valence-corrected chi connectivity index (χ3v) is 4.21. The van der Waals surface area contributed by atoms with Gasteiger partial charge in [-0.25, -0.2) is 4.79 Å². The van der Waals surface area contributed by atoms with E-state index in [0.29, 0.717) is 6.54 Å². The number of aromatic nitrogens is 3. The van der Waals surface area contributed by atoms with E-state index >= 15 is 0 Å². The van der Waals surface area contributed by atoms with Crippen LogP contribution in [0.15, 0.2) is 53.3 Å². The fourth-order valence-corrected chi connectivity index (χ4v) is 3.07. The zero-order valence-corrected chi connectivity index (χ0v) is 13.2. The van der Waals surface area contributed by atoms with E-state index in [9.17, 15) is 4.79 Å². The van der Waals surface area contributed by atoms with Crippen molar-refractivity contribution in [3.63, 3.8) is 0 Å². The van der Waals surface area contributed by atoms with E-state index in [-0.39, 0.29) is 5.69 Å². The molecule has 0 saturated heterocycles. The number of nitrogens with zero attached hydrogens (tertiary/aromatic N) is 4. The smallest absolute Gasteiger partial charge is 0.308 e. The number of para-hydroxylation sites is 1. The average molecular weight is 306 g/mol. The van der Waals surface area contributed by atoms with Crippen molar-refractivity contribution in [1.82, 2.24) is 19.1 Å². The second-order valence-electron chi connectivity index (χ2n) is 6.03. The molecule has 0 atom stereocenters. The molecule has 0 radical (unpaired) electrons. The molecule has 5 heteroatoms. The lowest BCUT2D eigenvalue weighted by molar-refractivity contribution is 0.382. The van der Waals surface area contributed by atoms with Gasteiger partial charge in [-0.15, -0.1) is 0 Å². The Morgan fingerprint density at radius 2 is 1.70 bits per heavy atom. The van der Waals surface area contributed by atoms with E-state index in [0.717, 1.165) is 33.9 Å². The monoisotopic (exact) mass is 306 g/mol. The summed E-state index contributed by atoms with van der Waals surface area (Å²) >= 11 is 0. The van der Waals surface area contributed by atoms with Gasteiger partial charge in [-0.2, -0.15) is 9.61 Å². The van der Waals surface area contributed by atoms with Gasteiger partial charge < -0.3 is 4.90 Å². The second kappa shape index (κ2) is 5.21. The Hall–Kier alpha value is -2.66. The Bertz CT molecular complexity index is 1070. The van der Waals surface area contributed by atoms with E-state index in [1.54, 1.807) is 4.52 Å². The normalized spacial score (nSPS) is 12.0. The lowest BCUT2D eigenvalue weighted by Gasteiger charge is -2.14. The Kier molecular flexibility index (Phi) is 3.16. The maximum absolute atomic E-state index is 13.0. The zero-order valence-electron chi connectivity index (χ0n) is 13.2. The van der Waals surface area contributed by atoms with Gasteiger partial charge in [0, 0.05) is 23.9 Å². The highest BCUT2D eigenvalue weighted by Crippen LogP contribution is 2.25. The molecule has 0 saturated carbocycles. The first-order valence-corrected chi connectivity index (χ1v) is 7.70. The third kappa shape index (κ3) is 2.12. The summed E-state index contributed by atoms with van der Waals surface area (Å²) in [7, 11) is 4.02. The van der Waals surface area contributed by atoms with Crippen LogP contribution < -0.4 is 5.69 Å². The summed E-state index contributed by atoms with van der Waals surface area (Å²) in [5.41, 5.74) is 2.61. The summed E-state index contributed by atoms with van der Waals surface area (Å²) in [6.07, 6.45) is 0. The van der Waals surface area contributed by atoms with Crippen LogP contribution in [0, 0.1) is 0 Å². The summed E-state index contributed by atoms with van der Waals surface area (Å²) < 4.78 is 3.36. The maximum Gasteiger partial charge on any atom is 0.349 e. The van der Waals surface area contributed by atoms with Crippen molar-refractivity contribution in [2.45, 2.75) is 6.54 Å². The summed E-state index contributed by atoms with van der Waals surface area (Å²) in [6, 6.07) is 15.9. The lowest BCUT2D eigenvalue weighted by Crippen LogP contribution is -2.31. The minimum Gasteiger partial charge on any atom is -0.308 e. The fraction of sp³-hybridized carbons (Fsp3) is 0.222. The SMILES string of the molecule is CN(C)CCn1c(=O)n2nc3ccccc3c2c2ccccc21. The Morgan fingerprint density at radius 3 is 2.48 bits per heavy atom. The molecule has 5 nitrogen and oxygen atoms in total. The van der Waals surface area contributed by atoms with Crippen molar-refractivity contribution in [2.24, 2.45) is 0 Å². The van der Waals surface area contributed by atoms with Gasteiger partial charge in [0.25, 0.3) is 0 Å². The Labute approximate surface area is 133 Å². The van der Waals surface area contributed by atoms with Gasteiger partial charge >= 0.3 is 5.69 Å². The van der Waals surface area contributed by atoms with Crippen molar-refractivity contribution < 1.29 is 0 Å². The van der Waals surface area contributed by atoms with Gasteiger partial charge in [-0.05, 0) is 26.2 Å². The molecule has 0 amide bonds. The van der Waals surface area contributed by atoms with Crippen LogP contribution in [0.5, 0.6) is 0 Å². The number of rotatable bonds is 3. The molecule has 0 N–H and O–H groups in total. The minimum absolute atomic E-state index is 0.0863. The Balaban J connectivity index is 2.15. The van der Waals surface area contributed by atoms with E-state index < -0.39 is 0 Å². The maximum atomic E-state index is 13.0. The predicted octanol–water partition coefficient (Wildman–Crippen LogP) is 2.36. The molecule has 23 heavy (non-hydrogen) atoms. The largest absolute Gasteiger partial charge is 0.349 e. The molecule has 0 bridgehead atoms. The molecule has 116 valence electrons. The second-order valence-corrected chi connectivity index (χ2v) is 6.03. The lowest BCUT2D eigenvalue weighted by atomic mass is 10.1. The number of hydrogen-bond acceptors (Lipinski definition) is 3. The highest BCUT2D eigenvalue weighted by atomic mass is 16.1. The molecule has 0 aliphatic heterocycles. The molecule has 0 aliphatic carbocycles. The summed E-state index contributed by atoms with van der Waals surface area (Å²) in [4.78, 5) is 15.0. The van der Waals surface area contributed by atoms with Crippen LogP contribution in [-0.2, 0) is 6.54 Å². The van der Waals surface area contributed by atoms with Gasteiger partial charge in [-0.3, -0.25) is 4.57 Å². The highest BCUT2D eigenvalue weighted by Gasteiger charge is 2.14. The Morgan fingerprint density at radius 1 is 1.00 bits per heavy atom. The van der Waals surface area contributed by atoms with E-state index in [2.05, 4.69) is 16.1 Å². The molecule has 2 aromatic carbocycles. The third-order valence-electron chi connectivity index (χ3n) is 4.21. The van der Waals surface area contributed by atoms with Crippen LogP contribution in [0.25, 0.3) is 27.3 Å². The summed E-state index contributed by atoms with van der Waals surface area (Å²) in [6.45, 7) is 1.44. The zero-order chi connectivity index (χ0) is 16.0. The van der Waals surface area contributed by atoms with Gasteiger partial charge in [0.1, 0.15) is 0 Å². The van der Waals surface area contributed by atoms with Crippen molar-refractivity contribution in [3.05, 3.63) is 59.0 Å². The molecule has 0 fully saturated rings. The predicted molar refractivity (Wildman–Crippen MR) is 93.0 cm³/mol. The van der Waals surface area contributed by atoms with E-state index in [4.69, 9.17) is 0 Å². The van der Waals surface area contributed by atoms with Gasteiger partial charge in [0.05, 0.1) is 16.6 Å². The van der Waals surface area contributed by atoms with Crippen molar-refractivity contribution >= 4 is 27.3 Å². The van der Waals surface area contributed by atoms with Gasteiger partial charge in [0.15, 0.2) is 0 Å². The van der Waals surface area contributed by atoms with Gasteiger partial charge in [-0.1, -0.05) is 36.4 Å². The first kappa shape index (κ1) is 14.0. The molecular weight excluding hydrogens is 288 g/mol. The summed E-state index contributed by atoms with van der Waals surface area (Å²) in [5, 5.41) is 6.59. The number of fused-ring (bicyclic) bond motifs is 5. The first-order valence-electron chi connectivity index (χ1n) is 7.70. The van der Waals surface area contributed by atoms with Gasteiger partial charge in [0.2, 0.25) is 0 Å². The van der Waals surface area contributed by atoms with Crippen LogP contribution in [-0.4, -0.2) is 39.7 Å². The fourth-order valence-electron chi connectivity index (χ4n) is 3.07. The topological polar surface area (TPSA) is 42.5 Å². The molecule has 0 aliphatic rings. The molecule has 0 unspecified atom stereocenters. The molecule has 4 aromatic rings. The van der Waals surface area contributed by atoms with E-state index in [1.807, 2.05) is 61.1 Å². The van der Waals surface area contributed by atoms with Crippen LogP contribution in [0.4, 0.5) is 0 Å². The standard InChI is InChI=1S/C18H18N4O/c1-20(2)11-12-21-16-10-6-4-8-14(16)17-13-7-3-5-9-15(13)19-22(17)18(21)23/h3-10H,11-12H2,1-2H3. The molecule has 0 spiro atoms. The van der Waals surface area contributed by atoms with E-state index in [1.165, 1.54) is 0 Å². The van der Waals surface area contributed by atoms with Crippen molar-refractivity contribution in [2.75, 3.05) is 20.6 Å². The molecular formula is C18H18N4O. The van der Waals surface area contributed by atoms with Crippen LogP contribution >= 0.6 is 0 Å². The van der Waals surface area contributed by atoms with Crippen LogP contribution in [0.2, 0.25) is 0 Å². The highest BCUT2D eigenvalue weighted by molar-refractivity contribution is 6.08.